The van der Waals surface area contributed by atoms with Gasteiger partial charge in [0, 0.05) is 17.7 Å². The normalized spacial score (nSPS) is 16.2. The van der Waals surface area contributed by atoms with Crippen LogP contribution in [0.3, 0.4) is 0 Å². The highest BCUT2D eigenvalue weighted by molar-refractivity contribution is 5.82. The number of aryl methyl sites for hydroxylation is 1. The Morgan fingerprint density at radius 2 is 1.77 bits per heavy atom. The molecule has 110 valence electrons. The summed E-state index contributed by atoms with van der Waals surface area (Å²) in [6.45, 7) is 5.25. The average Bonchev–Trinajstić information content (AvgIpc) is 2.97. The van der Waals surface area contributed by atoms with Crippen LogP contribution in [-0.2, 0) is 13.0 Å². The minimum absolute atomic E-state index is 0.478. The molecule has 2 aromatic carbocycles. The summed E-state index contributed by atoms with van der Waals surface area (Å²) in [7, 11) is 0. The van der Waals surface area contributed by atoms with E-state index in [9.17, 15) is 0 Å². The lowest BCUT2D eigenvalue weighted by atomic mass is 9.83. The Balaban J connectivity index is 2.10. The van der Waals surface area contributed by atoms with Crippen LogP contribution in [0, 0.1) is 0 Å². The molecular formula is C19H19N3. The molecule has 0 spiro atoms. The van der Waals surface area contributed by atoms with E-state index in [1.54, 1.807) is 0 Å². The Bertz CT molecular complexity index is 832. The number of nitrogens with zero attached hydrogens (tertiary/aromatic N) is 3. The third kappa shape index (κ3) is 1.89. The van der Waals surface area contributed by atoms with Gasteiger partial charge in [-0.3, -0.25) is 0 Å². The molecule has 1 aliphatic carbocycles. The minimum atomic E-state index is 0.478. The Morgan fingerprint density at radius 1 is 1.05 bits per heavy atom. The van der Waals surface area contributed by atoms with Crippen molar-refractivity contribution in [3.05, 3.63) is 59.7 Å². The Labute approximate surface area is 130 Å². The van der Waals surface area contributed by atoms with Crippen molar-refractivity contribution in [2.75, 3.05) is 0 Å². The molecule has 1 atom stereocenters. The molecule has 4 rings (SSSR count). The first-order chi connectivity index (χ1) is 10.8. The number of hydrogen-bond donors (Lipinski definition) is 0. The third-order valence-electron chi connectivity index (χ3n) is 4.58. The van der Waals surface area contributed by atoms with E-state index >= 15 is 0 Å². The SMILES string of the molecule is CCn1nnc2c1-c1ccccc1C(C)Cc1ccccc1-2. The highest BCUT2D eigenvalue weighted by Gasteiger charge is 2.25. The van der Waals surface area contributed by atoms with Crippen molar-refractivity contribution in [2.45, 2.75) is 32.7 Å². The van der Waals surface area contributed by atoms with Crippen molar-refractivity contribution in [1.82, 2.24) is 15.0 Å². The molecule has 0 saturated heterocycles. The van der Waals surface area contributed by atoms with Crippen molar-refractivity contribution >= 4 is 0 Å². The van der Waals surface area contributed by atoms with E-state index in [1.807, 2.05) is 4.68 Å². The highest BCUT2D eigenvalue weighted by Crippen LogP contribution is 2.40. The van der Waals surface area contributed by atoms with Crippen molar-refractivity contribution in [3.8, 4) is 22.5 Å². The van der Waals surface area contributed by atoms with Crippen LogP contribution in [0.15, 0.2) is 48.5 Å². The lowest BCUT2D eigenvalue weighted by Gasteiger charge is -2.22. The Kier molecular flexibility index (Phi) is 3.07. The second-order valence-corrected chi connectivity index (χ2v) is 5.95. The first-order valence-corrected chi connectivity index (χ1v) is 7.90. The van der Waals surface area contributed by atoms with Gasteiger partial charge in [-0.25, -0.2) is 4.68 Å². The number of hydrogen-bond acceptors (Lipinski definition) is 2. The van der Waals surface area contributed by atoms with Crippen LogP contribution in [0.4, 0.5) is 0 Å². The fourth-order valence-corrected chi connectivity index (χ4v) is 3.49. The predicted octanol–water partition coefficient (Wildman–Crippen LogP) is 4.29. The number of fused-ring (bicyclic) bond motifs is 5. The maximum absolute atomic E-state index is 4.51. The summed E-state index contributed by atoms with van der Waals surface area (Å²) < 4.78 is 2.02. The maximum atomic E-state index is 4.51. The number of rotatable bonds is 1. The molecule has 1 unspecified atom stereocenters. The van der Waals surface area contributed by atoms with Crippen molar-refractivity contribution < 1.29 is 0 Å². The zero-order chi connectivity index (χ0) is 15.1. The topological polar surface area (TPSA) is 30.7 Å². The van der Waals surface area contributed by atoms with Crippen molar-refractivity contribution in [1.29, 1.82) is 0 Å². The molecule has 3 heteroatoms. The fourth-order valence-electron chi connectivity index (χ4n) is 3.49. The summed E-state index contributed by atoms with van der Waals surface area (Å²) in [5.41, 5.74) is 7.39. The molecule has 0 fully saturated rings. The molecule has 1 aromatic heterocycles. The summed E-state index contributed by atoms with van der Waals surface area (Å²) in [6.07, 6.45) is 1.03. The summed E-state index contributed by atoms with van der Waals surface area (Å²) in [5, 5.41) is 8.90. The van der Waals surface area contributed by atoms with Gasteiger partial charge in [0.1, 0.15) is 5.69 Å². The van der Waals surface area contributed by atoms with E-state index in [4.69, 9.17) is 0 Å². The van der Waals surface area contributed by atoms with Gasteiger partial charge in [0.25, 0.3) is 0 Å². The summed E-state index contributed by atoms with van der Waals surface area (Å²) in [4.78, 5) is 0. The first kappa shape index (κ1) is 13.3. The molecule has 0 bridgehead atoms. The number of benzene rings is 2. The number of aromatic nitrogens is 3. The monoisotopic (exact) mass is 289 g/mol. The van der Waals surface area contributed by atoms with Crippen LogP contribution >= 0.6 is 0 Å². The highest BCUT2D eigenvalue weighted by atomic mass is 15.4. The zero-order valence-corrected chi connectivity index (χ0v) is 13.0. The Morgan fingerprint density at radius 3 is 2.59 bits per heavy atom. The lowest BCUT2D eigenvalue weighted by Crippen LogP contribution is -2.08. The minimum Gasteiger partial charge on any atom is -0.244 e. The lowest BCUT2D eigenvalue weighted by molar-refractivity contribution is 0.632. The molecule has 3 nitrogen and oxygen atoms in total. The fraction of sp³-hybridized carbons (Fsp3) is 0.263. The molecule has 0 radical (unpaired) electrons. The van der Waals surface area contributed by atoms with E-state index in [0.29, 0.717) is 5.92 Å². The van der Waals surface area contributed by atoms with Gasteiger partial charge in [-0.05, 0) is 30.4 Å². The largest absolute Gasteiger partial charge is 0.244 e. The first-order valence-electron chi connectivity index (χ1n) is 7.90. The molecule has 0 N–H and O–H groups in total. The molecule has 0 saturated carbocycles. The summed E-state index contributed by atoms with van der Waals surface area (Å²) in [5.74, 6) is 0.478. The zero-order valence-electron chi connectivity index (χ0n) is 13.0. The predicted molar refractivity (Wildman–Crippen MR) is 88.7 cm³/mol. The smallest absolute Gasteiger partial charge is 0.121 e. The van der Waals surface area contributed by atoms with E-state index in [1.165, 1.54) is 22.3 Å². The van der Waals surface area contributed by atoms with E-state index < -0.39 is 0 Å². The molecule has 3 aromatic rings. The molecule has 0 aliphatic heterocycles. The molecule has 22 heavy (non-hydrogen) atoms. The molecular weight excluding hydrogens is 270 g/mol. The second-order valence-electron chi connectivity index (χ2n) is 5.95. The maximum Gasteiger partial charge on any atom is 0.121 e. The van der Waals surface area contributed by atoms with Gasteiger partial charge in [0.15, 0.2) is 0 Å². The van der Waals surface area contributed by atoms with Gasteiger partial charge in [-0.1, -0.05) is 60.7 Å². The van der Waals surface area contributed by atoms with Gasteiger partial charge in [-0.2, -0.15) is 0 Å². The van der Waals surface area contributed by atoms with E-state index in [-0.39, 0.29) is 0 Å². The molecule has 0 amide bonds. The van der Waals surface area contributed by atoms with Gasteiger partial charge in [0.05, 0.1) is 5.69 Å². The summed E-state index contributed by atoms with van der Waals surface area (Å²) in [6, 6.07) is 17.3. The van der Waals surface area contributed by atoms with Crippen LogP contribution in [0.5, 0.6) is 0 Å². The second kappa shape index (κ2) is 5.09. The van der Waals surface area contributed by atoms with E-state index in [2.05, 4.69) is 72.7 Å². The quantitative estimate of drug-likeness (QED) is 0.669. The van der Waals surface area contributed by atoms with Gasteiger partial charge >= 0.3 is 0 Å². The van der Waals surface area contributed by atoms with Gasteiger partial charge < -0.3 is 0 Å². The average molecular weight is 289 g/mol. The van der Waals surface area contributed by atoms with Crippen LogP contribution in [0.1, 0.15) is 30.9 Å². The van der Waals surface area contributed by atoms with Crippen LogP contribution in [-0.4, -0.2) is 15.0 Å². The third-order valence-corrected chi connectivity index (χ3v) is 4.58. The molecule has 1 heterocycles. The van der Waals surface area contributed by atoms with Gasteiger partial charge in [-0.15, -0.1) is 5.10 Å². The molecule has 1 aliphatic rings. The summed E-state index contributed by atoms with van der Waals surface area (Å²) >= 11 is 0. The van der Waals surface area contributed by atoms with Crippen molar-refractivity contribution in [3.63, 3.8) is 0 Å². The van der Waals surface area contributed by atoms with Crippen LogP contribution < -0.4 is 0 Å². The van der Waals surface area contributed by atoms with Gasteiger partial charge in [0.2, 0.25) is 0 Å². The van der Waals surface area contributed by atoms with Crippen molar-refractivity contribution in [2.24, 2.45) is 0 Å². The van der Waals surface area contributed by atoms with Crippen LogP contribution in [0.2, 0.25) is 0 Å². The van der Waals surface area contributed by atoms with Crippen LogP contribution in [0.25, 0.3) is 22.5 Å². The Hall–Kier alpha value is -2.42. The standard InChI is InChI=1S/C19H19N3/c1-3-22-19-17-11-7-6-9-15(17)13(2)12-14-8-4-5-10-16(14)18(19)20-21-22/h4-11,13H,3,12H2,1-2H3. The van der Waals surface area contributed by atoms with E-state index in [0.717, 1.165) is 24.4 Å².